The van der Waals surface area contributed by atoms with Gasteiger partial charge in [-0.2, -0.15) is 5.10 Å². The molecule has 0 amide bonds. The first-order chi connectivity index (χ1) is 8.15. The molecule has 1 saturated heterocycles. The Balaban J connectivity index is 1.81. The van der Waals surface area contributed by atoms with Crippen LogP contribution in [0.4, 0.5) is 5.69 Å². The molecule has 0 aliphatic carbocycles. The lowest BCUT2D eigenvalue weighted by atomic mass is 10.2. The van der Waals surface area contributed by atoms with Gasteiger partial charge in [-0.25, -0.2) is 0 Å². The zero-order valence-corrected chi connectivity index (χ0v) is 10.8. The van der Waals surface area contributed by atoms with E-state index in [4.69, 9.17) is 5.73 Å². The Hall–Kier alpha value is -1.07. The van der Waals surface area contributed by atoms with Gasteiger partial charge in [0, 0.05) is 25.3 Å². The van der Waals surface area contributed by atoms with E-state index < -0.39 is 0 Å². The number of nitrogen functional groups attached to an aromatic ring is 1. The molecule has 0 saturated carbocycles. The van der Waals surface area contributed by atoms with E-state index in [1.54, 1.807) is 6.20 Å². The Morgan fingerprint density at radius 3 is 2.94 bits per heavy atom. The fraction of sp³-hybridized carbons (Fsp3) is 0.750. The van der Waals surface area contributed by atoms with Gasteiger partial charge in [-0.3, -0.25) is 9.58 Å². The Labute approximate surface area is 103 Å². The molecule has 1 aromatic rings. The fourth-order valence-corrected chi connectivity index (χ4v) is 2.55. The molecular formula is C12H23N5. The number of hydrogen-bond acceptors (Lipinski definition) is 4. The molecule has 2 rings (SSSR count). The van der Waals surface area contributed by atoms with Gasteiger partial charge in [0.05, 0.1) is 18.4 Å². The van der Waals surface area contributed by atoms with Crippen molar-refractivity contribution in [1.29, 1.82) is 0 Å². The van der Waals surface area contributed by atoms with Gasteiger partial charge in [-0.05, 0) is 33.5 Å². The Bertz CT molecular complexity index is 346. The largest absolute Gasteiger partial charge is 0.396 e. The molecule has 96 valence electrons. The van der Waals surface area contributed by atoms with Gasteiger partial charge in [0.15, 0.2) is 0 Å². The van der Waals surface area contributed by atoms with Gasteiger partial charge in [-0.15, -0.1) is 0 Å². The molecular weight excluding hydrogens is 214 g/mol. The highest BCUT2D eigenvalue weighted by molar-refractivity contribution is 5.30. The number of nitrogens with zero attached hydrogens (tertiary/aromatic N) is 4. The smallest absolute Gasteiger partial charge is 0.0719 e. The predicted octanol–water partition coefficient (Wildman–Crippen LogP) is 0.491. The van der Waals surface area contributed by atoms with Crippen LogP contribution in [0.3, 0.4) is 0 Å². The van der Waals surface area contributed by atoms with Crippen molar-refractivity contribution in [3.8, 4) is 0 Å². The van der Waals surface area contributed by atoms with E-state index in [9.17, 15) is 0 Å². The van der Waals surface area contributed by atoms with Gasteiger partial charge in [0.1, 0.15) is 0 Å². The summed E-state index contributed by atoms with van der Waals surface area (Å²) in [6.07, 6.45) is 6.25. The van der Waals surface area contributed by atoms with E-state index in [1.165, 1.54) is 19.4 Å². The summed E-state index contributed by atoms with van der Waals surface area (Å²) in [6.45, 7) is 4.37. The lowest BCUT2D eigenvalue weighted by Crippen LogP contribution is -2.39. The molecule has 17 heavy (non-hydrogen) atoms. The molecule has 0 aromatic carbocycles. The lowest BCUT2D eigenvalue weighted by molar-refractivity contribution is 0.199. The standard InChI is InChI=1S/C12H23N5/c1-15(2)10-12-4-3-5-16(12)6-7-17-9-11(13)8-14-17/h8-9,12H,3-7,10,13H2,1-2H3. The van der Waals surface area contributed by atoms with Crippen molar-refractivity contribution in [1.82, 2.24) is 19.6 Å². The molecule has 1 atom stereocenters. The first kappa shape index (κ1) is 12.4. The summed E-state index contributed by atoms with van der Waals surface area (Å²) in [7, 11) is 4.29. The van der Waals surface area contributed by atoms with Gasteiger partial charge < -0.3 is 10.6 Å². The average molecular weight is 237 g/mol. The molecule has 2 heterocycles. The summed E-state index contributed by atoms with van der Waals surface area (Å²) in [4.78, 5) is 4.84. The van der Waals surface area contributed by atoms with Crippen molar-refractivity contribution in [2.75, 3.05) is 39.5 Å². The van der Waals surface area contributed by atoms with Gasteiger partial charge in [0.2, 0.25) is 0 Å². The topological polar surface area (TPSA) is 50.3 Å². The summed E-state index contributed by atoms with van der Waals surface area (Å²) in [5.41, 5.74) is 6.40. The van der Waals surface area contributed by atoms with Crippen LogP contribution in [0.15, 0.2) is 12.4 Å². The van der Waals surface area contributed by atoms with Crippen LogP contribution in [0.2, 0.25) is 0 Å². The molecule has 1 aromatic heterocycles. The Kier molecular flexibility index (Phi) is 4.02. The minimum absolute atomic E-state index is 0.706. The highest BCUT2D eigenvalue weighted by Gasteiger charge is 2.24. The third-order valence-electron chi connectivity index (χ3n) is 3.34. The number of likely N-dealkylation sites (N-methyl/N-ethyl adjacent to an activating group) is 1. The molecule has 0 spiro atoms. The second kappa shape index (κ2) is 5.51. The molecule has 1 aliphatic rings. The van der Waals surface area contributed by atoms with E-state index in [2.05, 4.69) is 29.0 Å². The molecule has 1 fully saturated rings. The molecule has 0 bridgehead atoms. The van der Waals surface area contributed by atoms with E-state index in [-0.39, 0.29) is 0 Å². The van der Waals surface area contributed by atoms with Crippen molar-refractivity contribution in [3.63, 3.8) is 0 Å². The van der Waals surface area contributed by atoms with Gasteiger partial charge >= 0.3 is 0 Å². The highest BCUT2D eigenvalue weighted by atomic mass is 15.3. The van der Waals surface area contributed by atoms with Crippen LogP contribution in [-0.2, 0) is 6.54 Å². The first-order valence-corrected chi connectivity index (χ1v) is 6.32. The second-order valence-electron chi connectivity index (χ2n) is 5.13. The van der Waals surface area contributed by atoms with Crippen LogP contribution >= 0.6 is 0 Å². The normalized spacial score (nSPS) is 21.5. The van der Waals surface area contributed by atoms with Crippen molar-refractivity contribution in [2.45, 2.75) is 25.4 Å². The van der Waals surface area contributed by atoms with Crippen LogP contribution in [0.5, 0.6) is 0 Å². The van der Waals surface area contributed by atoms with Crippen LogP contribution in [-0.4, -0.2) is 59.4 Å². The van der Waals surface area contributed by atoms with Gasteiger partial charge in [-0.1, -0.05) is 0 Å². The number of hydrogen-bond donors (Lipinski definition) is 1. The third-order valence-corrected chi connectivity index (χ3v) is 3.34. The summed E-state index contributed by atoms with van der Waals surface area (Å²) in [5, 5.41) is 4.22. The van der Waals surface area contributed by atoms with Crippen molar-refractivity contribution < 1.29 is 0 Å². The molecule has 5 nitrogen and oxygen atoms in total. The van der Waals surface area contributed by atoms with Crippen LogP contribution in [0, 0.1) is 0 Å². The van der Waals surface area contributed by atoms with E-state index >= 15 is 0 Å². The summed E-state index contributed by atoms with van der Waals surface area (Å²) in [5.74, 6) is 0. The molecule has 2 N–H and O–H groups in total. The fourth-order valence-electron chi connectivity index (χ4n) is 2.55. The summed E-state index contributed by atoms with van der Waals surface area (Å²) >= 11 is 0. The van der Waals surface area contributed by atoms with Crippen LogP contribution in [0.1, 0.15) is 12.8 Å². The molecule has 1 aliphatic heterocycles. The van der Waals surface area contributed by atoms with E-state index in [1.807, 2.05) is 10.9 Å². The minimum atomic E-state index is 0.706. The first-order valence-electron chi connectivity index (χ1n) is 6.32. The zero-order chi connectivity index (χ0) is 12.3. The van der Waals surface area contributed by atoms with E-state index in [0.717, 1.165) is 25.3 Å². The molecule has 5 heteroatoms. The SMILES string of the molecule is CN(C)CC1CCCN1CCn1cc(N)cn1. The van der Waals surface area contributed by atoms with E-state index in [0.29, 0.717) is 6.04 Å². The number of rotatable bonds is 5. The monoisotopic (exact) mass is 237 g/mol. The quantitative estimate of drug-likeness (QED) is 0.810. The zero-order valence-electron chi connectivity index (χ0n) is 10.8. The third kappa shape index (κ3) is 3.44. The van der Waals surface area contributed by atoms with Gasteiger partial charge in [0.25, 0.3) is 0 Å². The number of nitrogens with two attached hydrogens (primary N) is 1. The van der Waals surface area contributed by atoms with Crippen LogP contribution in [0.25, 0.3) is 0 Å². The second-order valence-corrected chi connectivity index (χ2v) is 5.13. The number of aromatic nitrogens is 2. The van der Waals surface area contributed by atoms with Crippen molar-refractivity contribution in [2.24, 2.45) is 0 Å². The maximum absolute atomic E-state index is 5.65. The summed E-state index contributed by atoms with van der Waals surface area (Å²) in [6, 6.07) is 0.706. The maximum atomic E-state index is 5.65. The molecule has 1 unspecified atom stereocenters. The maximum Gasteiger partial charge on any atom is 0.0719 e. The average Bonchev–Trinajstić information content (AvgIpc) is 2.84. The van der Waals surface area contributed by atoms with Crippen molar-refractivity contribution in [3.05, 3.63) is 12.4 Å². The van der Waals surface area contributed by atoms with Crippen LogP contribution < -0.4 is 5.73 Å². The Morgan fingerprint density at radius 2 is 2.29 bits per heavy atom. The highest BCUT2D eigenvalue weighted by Crippen LogP contribution is 2.17. The number of likely N-dealkylation sites (tertiary alicyclic amines) is 1. The lowest BCUT2D eigenvalue weighted by Gasteiger charge is -2.26. The Morgan fingerprint density at radius 1 is 1.47 bits per heavy atom. The number of anilines is 1. The summed E-state index contributed by atoms with van der Waals surface area (Å²) < 4.78 is 1.93. The predicted molar refractivity (Wildman–Crippen MR) is 69.8 cm³/mol. The van der Waals surface area contributed by atoms with Crippen molar-refractivity contribution >= 4 is 5.69 Å². The minimum Gasteiger partial charge on any atom is -0.396 e. The molecule has 0 radical (unpaired) electrons.